The molecule has 0 fully saturated rings. The van der Waals surface area contributed by atoms with E-state index in [1.54, 1.807) is 18.2 Å². The van der Waals surface area contributed by atoms with Crippen LogP contribution in [0, 0.1) is 0 Å². The van der Waals surface area contributed by atoms with Gasteiger partial charge in [-0.2, -0.15) is 13.2 Å². The first kappa shape index (κ1) is 19.0. The van der Waals surface area contributed by atoms with Crippen LogP contribution in [0.1, 0.15) is 34.8 Å². The minimum absolute atomic E-state index is 0.0304. The van der Waals surface area contributed by atoms with E-state index in [0.717, 1.165) is 23.3 Å². The van der Waals surface area contributed by atoms with Gasteiger partial charge >= 0.3 is 11.9 Å². The molecule has 1 aliphatic rings. The minimum Gasteiger partial charge on any atom is -0.493 e. The maximum atomic E-state index is 12.9. The second-order valence-corrected chi connectivity index (χ2v) is 6.64. The van der Waals surface area contributed by atoms with Gasteiger partial charge in [0.1, 0.15) is 5.75 Å². The van der Waals surface area contributed by atoms with Crippen LogP contribution in [0.25, 0.3) is 0 Å². The fraction of sp³-hybridized carbons (Fsp3) is 0.250. The van der Waals surface area contributed by atoms with Crippen molar-refractivity contribution < 1.29 is 32.2 Å². The van der Waals surface area contributed by atoms with E-state index in [2.05, 4.69) is 4.98 Å². The largest absolute Gasteiger partial charge is 0.493 e. The molecule has 1 aliphatic carbocycles. The van der Waals surface area contributed by atoms with E-state index >= 15 is 0 Å². The Kier molecular flexibility index (Phi) is 4.52. The van der Waals surface area contributed by atoms with Gasteiger partial charge in [-0.15, -0.1) is 0 Å². The molecule has 0 saturated carbocycles. The summed E-state index contributed by atoms with van der Waals surface area (Å²) in [5.41, 5.74) is 0.989. The van der Waals surface area contributed by atoms with Crippen LogP contribution in [-0.2, 0) is 12.6 Å². The van der Waals surface area contributed by atoms with E-state index in [0.29, 0.717) is 18.6 Å². The Bertz CT molecular complexity index is 1120. The first-order valence-corrected chi connectivity index (χ1v) is 8.74. The van der Waals surface area contributed by atoms with E-state index in [1.165, 1.54) is 13.2 Å². The molecule has 2 N–H and O–H groups in total. The Morgan fingerprint density at radius 2 is 1.97 bits per heavy atom. The third-order valence-corrected chi connectivity index (χ3v) is 4.88. The van der Waals surface area contributed by atoms with Crippen molar-refractivity contribution in [2.75, 3.05) is 7.11 Å². The summed E-state index contributed by atoms with van der Waals surface area (Å²) < 4.78 is 54.5. The van der Waals surface area contributed by atoms with Crippen LogP contribution in [0.5, 0.6) is 23.1 Å². The number of aromatic amines is 1. The van der Waals surface area contributed by atoms with E-state index in [4.69, 9.17) is 13.9 Å². The summed E-state index contributed by atoms with van der Waals surface area (Å²) in [6.07, 6.45) is -3.18. The highest BCUT2D eigenvalue weighted by molar-refractivity contribution is 5.49. The molecule has 1 atom stereocenters. The molecule has 2 aromatic carbocycles. The predicted octanol–water partition coefficient (Wildman–Crippen LogP) is 4.57. The Hall–Kier alpha value is -3.36. The molecule has 3 aromatic rings. The molecule has 152 valence electrons. The summed E-state index contributed by atoms with van der Waals surface area (Å²) in [5, 5.41) is 9.84. The Balaban J connectivity index is 1.61. The molecule has 0 bridgehead atoms. The number of H-pyrrole nitrogens is 1. The fourth-order valence-corrected chi connectivity index (χ4v) is 3.55. The average Bonchev–Trinajstić information content (AvgIpc) is 3.22. The van der Waals surface area contributed by atoms with Gasteiger partial charge in [0.25, 0.3) is 0 Å². The monoisotopic (exact) mass is 407 g/mol. The van der Waals surface area contributed by atoms with Gasteiger partial charge in [0.05, 0.1) is 12.7 Å². The number of alkyl halides is 3. The molecule has 29 heavy (non-hydrogen) atoms. The van der Waals surface area contributed by atoms with Gasteiger partial charge < -0.3 is 19.0 Å². The predicted molar refractivity (Wildman–Crippen MR) is 95.7 cm³/mol. The van der Waals surface area contributed by atoms with Crippen LogP contribution >= 0.6 is 0 Å². The Morgan fingerprint density at radius 1 is 1.17 bits per heavy atom. The number of hydrogen-bond acceptors (Lipinski definition) is 5. The van der Waals surface area contributed by atoms with Gasteiger partial charge in [0.2, 0.25) is 5.88 Å². The summed E-state index contributed by atoms with van der Waals surface area (Å²) in [6.45, 7) is 0. The molecule has 6 nitrogen and oxygen atoms in total. The van der Waals surface area contributed by atoms with Crippen molar-refractivity contribution in [1.29, 1.82) is 0 Å². The second-order valence-electron chi connectivity index (χ2n) is 6.64. The summed E-state index contributed by atoms with van der Waals surface area (Å²) in [5.74, 6) is -0.530. The lowest BCUT2D eigenvalue weighted by Crippen LogP contribution is -2.05. The quantitative estimate of drug-likeness (QED) is 0.662. The molecule has 0 aliphatic heterocycles. The number of rotatable bonds is 4. The molecule has 0 saturated heterocycles. The second kappa shape index (κ2) is 6.91. The third-order valence-electron chi connectivity index (χ3n) is 4.88. The van der Waals surface area contributed by atoms with Gasteiger partial charge in [-0.25, -0.2) is 4.79 Å². The lowest BCUT2D eigenvalue weighted by molar-refractivity contribution is -0.137. The van der Waals surface area contributed by atoms with Crippen LogP contribution in [0.2, 0.25) is 0 Å². The number of ether oxygens (including phenoxy) is 2. The minimum atomic E-state index is -4.48. The van der Waals surface area contributed by atoms with Crippen molar-refractivity contribution in [2.24, 2.45) is 0 Å². The number of halogens is 3. The topological polar surface area (TPSA) is 84.7 Å². The number of methoxy groups -OCH3 is 1. The smallest absolute Gasteiger partial charge is 0.419 e. The molecular formula is C20H16F3NO5. The number of aromatic nitrogens is 1. The standard InChI is InChI=1S/C20H16F3NO5/c1-27-16-9-11(20(21,22)23)3-7-15(16)28-12-4-6-13-10(8-12)2-5-14(13)17-18(25)24-19(26)29-17/h3-4,6-9,14,25H,2,5H2,1H3,(H,24,26)/t14-/m1/s1. The zero-order chi connectivity index (χ0) is 20.8. The van der Waals surface area contributed by atoms with Crippen molar-refractivity contribution in [2.45, 2.75) is 24.9 Å². The van der Waals surface area contributed by atoms with Crippen LogP contribution in [-0.4, -0.2) is 17.2 Å². The van der Waals surface area contributed by atoms with Crippen molar-refractivity contribution in [3.05, 3.63) is 69.4 Å². The van der Waals surface area contributed by atoms with Crippen LogP contribution in [0.3, 0.4) is 0 Å². The molecule has 4 rings (SSSR count). The molecule has 1 heterocycles. The van der Waals surface area contributed by atoms with Crippen LogP contribution < -0.4 is 15.2 Å². The highest BCUT2D eigenvalue weighted by Crippen LogP contribution is 2.43. The molecular weight excluding hydrogens is 391 g/mol. The molecule has 0 spiro atoms. The summed E-state index contributed by atoms with van der Waals surface area (Å²) in [7, 11) is 1.27. The Labute approximate surface area is 162 Å². The summed E-state index contributed by atoms with van der Waals surface area (Å²) in [6, 6.07) is 8.24. The highest BCUT2D eigenvalue weighted by Gasteiger charge is 2.32. The van der Waals surface area contributed by atoms with Crippen LogP contribution in [0.15, 0.2) is 45.6 Å². The number of benzene rings is 2. The van der Waals surface area contributed by atoms with Crippen molar-refractivity contribution >= 4 is 0 Å². The first-order valence-electron chi connectivity index (χ1n) is 8.74. The highest BCUT2D eigenvalue weighted by atomic mass is 19.4. The maximum absolute atomic E-state index is 12.9. The van der Waals surface area contributed by atoms with E-state index in [9.17, 15) is 23.1 Å². The van der Waals surface area contributed by atoms with Crippen LogP contribution in [0.4, 0.5) is 13.2 Å². The van der Waals surface area contributed by atoms with Crippen molar-refractivity contribution in [3.8, 4) is 23.1 Å². The molecule has 9 heteroatoms. The van der Waals surface area contributed by atoms with E-state index in [1.807, 2.05) is 0 Å². The lowest BCUT2D eigenvalue weighted by atomic mass is 9.99. The fourth-order valence-electron chi connectivity index (χ4n) is 3.55. The molecule has 0 radical (unpaired) electrons. The number of fused-ring (bicyclic) bond motifs is 1. The third kappa shape index (κ3) is 3.55. The molecule has 0 unspecified atom stereocenters. The average molecular weight is 407 g/mol. The van der Waals surface area contributed by atoms with Gasteiger partial charge in [-0.3, -0.25) is 4.98 Å². The number of aryl methyl sites for hydroxylation is 1. The number of hydrogen-bond donors (Lipinski definition) is 2. The van der Waals surface area contributed by atoms with Gasteiger partial charge in [0.15, 0.2) is 17.3 Å². The number of aromatic hydroxyl groups is 1. The lowest BCUT2D eigenvalue weighted by Gasteiger charge is -2.14. The van der Waals surface area contributed by atoms with Gasteiger partial charge in [-0.1, -0.05) is 6.07 Å². The summed E-state index contributed by atoms with van der Waals surface area (Å²) >= 11 is 0. The Morgan fingerprint density at radius 3 is 2.62 bits per heavy atom. The zero-order valence-electron chi connectivity index (χ0n) is 15.2. The SMILES string of the molecule is COc1cc(C(F)(F)F)ccc1Oc1ccc2c(c1)CC[C@H]2c1oc(=O)[nH]c1O. The van der Waals surface area contributed by atoms with Gasteiger partial charge in [0, 0.05) is 5.92 Å². The zero-order valence-corrected chi connectivity index (χ0v) is 15.2. The summed E-state index contributed by atoms with van der Waals surface area (Å²) in [4.78, 5) is 13.5. The van der Waals surface area contributed by atoms with E-state index in [-0.39, 0.29) is 29.1 Å². The number of oxazole rings is 1. The van der Waals surface area contributed by atoms with Crippen molar-refractivity contribution in [1.82, 2.24) is 4.98 Å². The van der Waals surface area contributed by atoms with Gasteiger partial charge in [-0.05, 0) is 54.3 Å². The number of nitrogens with one attached hydrogen (secondary N) is 1. The van der Waals surface area contributed by atoms with Crippen molar-refractivity contribution in [3.63, 3.8) is 0 Å². The molecule has 0 amide bonds. The maximum Gasteiger partial charge on any atom is 0.419 e. The normalized spacial score (nSPS) is 15.9. The molecule has 1 aromatic heterocycles. The first-order chi connectivity index (χ1) is 13.8. The van der Waals surface area contributed by atoms with E-state index < -0.39 is 17.5 Å².